The fourth-order valence-electron chi connectivity index (χ4n) is 2.37. The van der Waals surface area contributed by atoms with Crippen LogP contribution < -0.4 is 0 Å². The van der Waals surface area contributed by atoms with Crippen LogP contribution in [-0.4, -0.2) is 33.2 Å². The number of carboxylic acids is 1. The summed E-state index contributed by atoms with van der Waals surface area (Å²) < 4.78 is 6.79. The van der Waals surface area contributed by atoms with Crippen molar-refractivity contribution in [2.45, 2.75) is 44.8 Å². The maximum absolute atomic E-state index is 11.0. The predicted octanol–water partition coefficient (Wildman–Crippen LogP) is 1.63. The van der Waals surface area contributed by atoms with Crippen molar-refractivity contribution in [2.24, 2.45) is 0 Å². The second kappa shape index (κ2) is 5.27. The highest BCUT2D eigenvalue weighted by molar-refractivity contribution is 5.86. The number of aromatic carboxylic acids is 1. The molecule has 0 amide bonds. The molecular weight excluding hydrogens is 222 g/mol. The summed E-state index contributed by atoms with van der Waals surface area (Å²) in [6.45, 7) is 0.241. The van der Waals surface area contributed by atoms with Gasteiger partial charge in [0.2, 0.25) is 0 Å². The lowest BCUT2D eigenvalue weighted by molar-refractivity contribution is 0.0684. The molecule has 1 aliphatic carbocycles. The molecule has 0 atom stereocenters. The summed E-state index contributed by atoms with van der Waals surface area (Å²) in [5.74, 6) is -1.04. The van der Waals surface area contributed by atoms with Gasteiger partial charge in [0.05, 0.1) is 18.3 Å². The molecule has 0 unspecified atom stereocenters. The number of aromatic nitrogens is 3. The lowest BCUT2D eigenvalue weighted by Crippen LogP contribution is -2.18. The molecule has 0 aliphatic heterocycles. The Kier molecular flexibility index (Phi) is 3.73. The smallest absolute Gasteiger partial charge is 0.358 e. The molecule has 6 nitrogen and oxygen atoms in total. The van der Waals surface area contributed by atoms with E-state index in [-0.39, 0.29) is 18.3 Å². The first-order valence-electron chi connectivity index (χ1n) is 5.90. The lowest BCUT2D eigenvalue weighted by atomic mass is 9.95. The van der Waals surface area contributed by atoms with Gasteiger partial charge in [-0.05, 0) is 12.8 Å². The van der Waals surface area contributed by atoms with Crippen LogP contribution in [0.3, 0.4) is 0 Å². The second-order valence-corrected chi connectivity index (χ2v) is 4.36. The Hall–Kier alpha value is -1.43. The van der Waals surface area contributed by atoms with Crippen LogP contribution in [0.1, 0.15) is 54.3 Å². The van der Waals surface area contributed by atoms with Crippen LogP contribution in [0, 0.1) is 0 Å². The van der Waals surface area contributed by atoms with Crippen LogP contribution >= 0.6 is 0 Å². The van der Waals surface area contributed by atoms with E-state index in [1.165, 1.54) is 19.3 Å². The Morgan fingerprint density at radius 1 is 1.47 bits per heavy atom. The molecule has 1 aliphatic rings. The molecule has 0 radical (unpaired) electrons. The average Bonchev–Trinajstić information content (AvgIpc) is 2.75. The molecule has 6 heteroatoms. The number of methoxy groups -OCH3 is 1. The minimum absolute atomic E-state index is 0.0115. The maximum Gasteiger partial charge on any atom is 0.358 e. The van der Waals surface area contributed by atoms with Crippen molar-refractivity contribution in [3.8, 4) is 0 Å². The van der Waals surface area contributed by atoms with Crippen LogP contribution in [-0.2, 0) is 11.3 Å². The van der Waals surface area contributed by atoms with Crippen molar-refractivity contribution >= 4 is 5.97 Å². The molecule has 1 aromatic heterocycles. The van der Waals surface area contributed by atoms with Crippen molar-refractivity contribution in [3.05, 3.63) is 11.4 Å². The van der Waals surface area contributed by atoms with E-state index >= 15 is 0 Å². The summed E-state index contributed by atoms with van der Waals surface area (Å²) in [4.78, 5) is 11.0. The molecule has 0 spiro atoms. The van der Waals surface area contributed by atoms with Crippen LogP contribution in [0.25, 0.3) is 0 Å². The number of rotatable bonds is 4. The summed E-state index contributed by atoms with van der Waals surface area (Å²) in [6.07, 6.45) is 5.66. The van der Waals surface area contributed by atoms with E-state index in [2.05, 4.69) is 10.3 Å². The fraction of sp³-hybridized carbons (Fsp3) is 0.727. The highest BCUT2D eigenvalue weighted by atomic mass is 16.5. The van der Waals surface area contributed by atoms with Crippen molar-refractivity contribution in [2.75, 3.05) is 7.11 Å². The standard InChI is InChI=1S/C11H17N3O3/c1-17-7-9-10(11(15)16)12-13-14(9)8-5-3-2-4-6-8/h8H,2-7H2,1H3,(H,15,16). The number of ether oxygens (including phenoxy) is 1. The fourth-order valence-corrected chi connectivity index (χ4v) is 2.37. The molecule has 94 valence electrons. The van der Waals surface area contributed by atoms with Crippen LogP contribution in [0.15, 0.2) is 0 Å². The van der Waals surface area contributed by atoms with Gasteiger partial charge in [-0.1, -0.05) is 24.5 Å². The number of hydrogen-bond donors (Lipinski definition) is 1. The van der Waals surface area contributed by atoms with Gasteiger partial charge in [0.1, 0.15) is 0 Å². The highest BCUT2D eigenvalue weighted by Crippen LogP contribution is 2.29. The topological polar surface area (TPSA) is 77.2 Å². The maximum atomic E-state index is 11.0. The largest absolute Gasteiger partial charge is 0.476 e. The van der Waals surface area contributed by atoms with Gasteiger partial charge in [-0.25, -0.2) is 9.48 Å². The van der Waals surface area contributed by atoms with E-state index in [1.54, 1.807) is 11.8 Å². The van der Waals surface area contributed by atoms with E-state index in [1.807, 2.05) is 0 Å². The number of nitrogens with zero attached hydrogens (tertiary/aromatic N) is 3. The number of carboxylic acid groups (broad SMARTS) is 1. The van der Waals surface area contributed by atoms with E-state index in [9.17, 15) is 4.79 Å². The van der Waals surface area contributed by atoms with Gasteiger partial charge in [-0.15, -0.1) is 5.10 Å². The predicted molar refractivity (Wildman–Crippen MR) is 59.8 cm³/mol. The van der Waals surface area contributed by atoms with Crippen molar-refractivity contribution in [1.82, 2.24) is 15.0 Å². The van der Waals surface area contributed by atoms with Crippen molar-refractivity contribution in [3.63, 3.8) is 0 Å². The van der Waals surface area contributed by atoms with E-state index in [0.29, 0.717) is 5.69 Å². The number of carbonyl (C=O) groups is 1. The Balaban J connectivity index is 2.28. The highest BCUT2D eigenvalue weighted by Gasteiger charge is 2.24. The van der Waals surface area contributed by atoms with Gasteiger partial charge in [-0.3, -0.25) is 0 Å². The molecule has 1 aromatic rings. The average molecular weight is 239 g/mol. The Bertz CT molecular complexity index is 397. The molecule has 0 saturated heterocycles. The number of hydrogen-bond acceptors (Lipinski definition) is 4. The molecule has 1 fully saturated rings. The van der Waals surface area contributed by atoms with E-state index in [0.717, 1.165) is 12.8 Å². The first kappa shape index (κ1) is 12.0. The first-order valence-corrected chi connectivity index (χ1v) is 5.90. The van der Waals surface area contributed by atoms with Crippen molar-refractivity contribution in [1.29, 1.82) is 0 Å². The quantitative estimate of drug-likeness (QED) is 0.864. The van der Waals surface area contributed by atoms with Crippen LogP contribution in [0.5, 0.6) is 0 Å². The summed E-state index contributed by atoms with van der Waals surface area (Å²) in [5, 5.41) is 16.8. The first-order chi connectivity index (χ1) is 8.24. The molecule has 0 aromatic carbocycles. The molecule has 17 heavy (non-hydrogen) atoms. The Morgan fingerprint density at radius 3 is 2.76 bits per heavy atom. The lowest BCUT2D eigenvalue weighted by Gasteiger charge is -2.23. The van der Waals surface area contributed by atoms with E-state index in [4.69, 9.17) is 9.84 Å². The zero-order valence-electron chi connectivity index (χ0n) is 9.93. The van der Waals surface area contributed by atoms with Gasteiger partial charge in [-0.2, -0.15) is 0 Å². The Morgan fingerprint density at radius 2 is 2.18 bits per heavy atom. The third kappa shape index (κ3) is 2.46. The van der Waals surface area contributed by atoms with Gasteiger partial charge in [0.15, 0.2) is 5.69 Å². The normalized spacial score (nSPS) is 17.2. The monoisotopic (exact) mass is 239 g/mol. The van der Waals surface area contributed by atoms with Gasteiger partial charge < -0.3 is 9.84 Å². The zero-order chi connectivity index (χ0) is 12.3. The molecule has 1 saturated carbocycles. The molecule has 0 bridgehead atoms. The third-order valence-electron chi connectivity index (χ3n) is 3.20. The van der Waals surface area contributed by atoms with Gasteiger partial charge in [0, 0.05) is 7.11 Å². The summed E-state index contributed by atoms with van der Waals surface area (Å²) in [7, 11) is 1.55. The summed E-state index contributed by atoms with van der Waals surface area (Å²) >= 11 is 0. The summed E-state index contributed by atoms with van der Waals surface area (Å²) in [6, 6.07) is 0.273. The molecule has 2 rings (SSSR count). The summed E-state index contributed by atoms with van der Waals surface area (Å²) in [5.41, 5.74) is 0.587. The van der Waals surface area contributed by atoms with Crippen LogP contribution in [0.4, 0.5) is 0 Å². The second-order valence-electron chi connectivity index (χ2n) is 4.36. The molecule has 1 N–H and O–H groups in total. The zero-order valence-corrected chi connectivity index (χ0v) is 9.93. The molecule has 1 heterocycles. The SMILES string of the molecule is COCc1c(C(=O)O)nnn1C1CCCCC1. The van der Waals surface area contributed by atoms with Gasteiger partial charge in [0.25, 0.3) is 0 Å². The molecular formula is C11H17N3O3. The van der Waals surface area contributed by atoms with Gasteiger partial charge >= 0.3 is 5.97 Å². The third-order valence-corrected chi connectivity index (χ3v) is 3.20. The minimum atomic E-state index is -1.04. The van der Waals surface area contributed by atoms with Crippen molar-refractivity contribution < 1.29 is 14.6 Å². The van der Waals surface area contributed by atoms with Crippen LogP contribution in [0.2, 0.25) is 0 Å². The van der Waals surface area contributed by atoms with E-state index < -0.39 is 5.97 Å². The Labute approximate surface area is 99.6 Å². The minimum Gasteiger partial charge on any atom is -0.476 e.